The quantitative estimate of drug-likeness (QED) is 0.581. The molecule has 5 rings (SSSR count). The van der Waals surface area contributed by atoms with E-state index in [2.05, 4.69) is 26.0 Å². The van der Waals surface area contributed by atoms with E-state index in [0.717, 1.165) is 37.0 Å². The molecule has 6 atom stereocenters. The largest absolute Gasteiger partial charge is 0.393 e. The van der Waals surface area contributed by atoms with Crippen LogP contribution < -0.4 is 0 Å². The Morgan fingerprint density at radius 2 is 1.85 bits per heavy atom. The first kappa shape index (κ1) is 17.3. The van der Waals surface area contributed by atoms with E-state index in [1.807, 2.05) is 0 Å². The molecule has 1 heterocycles. The Morgan fingerprint density at radius 1 is 1.08 bits per heavy atom. The van der Waals surface area contributed by atoms with Gasteiger partial charge in [0.2, 0.25) is 5.12 Å². The summed E-state index contributed by atoms with van der Waals surface area (Å²) in [5.74, 6) is 2.32. The van der Waals surface area contributed by atoms with Gasteiger partial charge >= 0.3 is 0 Å². The van der Waals surface area contributed by atoms with Gasteiger partial charge < -0.3 is 5.11 Å². The van der Waals surface area contributed by atoms with Crippen LogP contribution in [0.5, 0.6) is 0 Å². The number of aliphatic hydroxyl groups is 1. The maximum absolute atomic E-state index is 11.7. The van der Waals surface area contributed by atoms with E-state index in [4.69, 9.17) is 0 Å². The van der Waals surface area contributed by atoms with Crippen molar-refractivity contribution in [3.8, 4) is 0 Å². The smallest absolute Gasteiger partial charge is 0.216 e. The van der Waals surface area contributed by atoms with E-state index in [1.54, 1.807) is 17.2 Å². The Kier molecular flexibility index (Phi) is 3.89. The highest BCUT2D eigenvalue weighted by molar-refractivity contribution is 8.17. The molecule has 140 valence electrons. The molecule has 0 spiro atoms. The SMILES string of the molecule is CC12CCC(O)CC1=CCC1C2CCC2(C)C(=C3C=CC(=O)S3)CCC12. The molecule has 6 unspecified atom stereocenters. The molecule has 1 N–H and O–H groups in total. The third-order valence-electron chi connectivity index (χ3n) is 8.74. The van der Waals surface area contributed by atoms with Crippen molar-refractivity contribution in [3.05, 3.63) is 34.3 Å². The van der Waals surface area contributed by atoms with Crippen LogP contribution in [0.2, 0.25) is 0 Å². The fraction of sp³-hybridized carbons (Fsp3) is 0.696. The van der Waals surface area contributed by atoms with Crippen LogP contribution in [0.1, 0.15) is 65.2 Å². The third kappa shape index (κ3) is 2.32. The Balaban J connectivity index is 1.49. The lowest BCUT2D eigenvalue weighted by atomic mass is 9.48. The third-order valence-corrected chi connectivity index (χ3v) is 9.68. The number of hydrogen-bond donors (Lipinski definition) is 1. The summed E-state index contributed by atoms with van der Waals surface area (Å²) in [6.45, 7) is 4.99. The topological polar surface area (TPSA) is 37.3 Å². The van der Waals surface area contributed by atoms with Gasteiger partial charge in [-0.1, -0.05) is 25.5 Å². The number of carbonyl (C=O) groups is 1. The van der Waals surface area contributed by atoms with Crippen molar-refractivity contribution in [1.29, 1.82) is 0 Å². The zero-order valence-corrected chi connectivity index (χ0v) is 16.8. The van der Waals surface area contributed by atoms with Crippen LogP contribution in [-0.2, 0) is 4.79 Å². The monoisotopic (exact) mass is 370 g/mol. The van der Waals surface area contributed by atoms with Crippen LogP contribution >= 0.6 is 11.8 Å². The van der Waals surface area contributed by atoms with Gasteiger partial charge in [-0.2, -0.15) is 0 Å². The average molecular weight is 371 g/mol. The van der Waals surface area contributed by atoms with Crippen molar-refractivity contribution in [1.82, 2.24) is 0 Å². The maximum Gasteiger partial charge on any atom is 0.216 e. The molecule has 3 fully saturated rings. The molecule has 0 aromatic rings. The lowest BCUT2D eigenvalue weighted by Gasteiger charge is -2.57. The molecule has 0 saturated heterocycles. The first-order valence-electron chi connectivity index (χ1n) is 10.4. The summed E-state index contributed by atoms with van der Waals surface area (Å²) in [7, 11) is 0. The van der Waals surface area contributed by atoms with Gasteiger partial charge in [0.1, 0.15) is 0 Å². The lowest BCUT2D eigenvalue weighted by molar-refractivity contribution is -0.106. The highest BCUT2D eigenvalue weighted by Gasteiger charge is 2.57. The minimum absolute atomic E-state index is 0.119. The first-order chi connectivity index (χ1) is 12.4. The molecule has 5 aliphatic rings. The Morgan fingerprint density at radius 3 is 2.62 bits per heavy atom. The van der Waals surface area contributed by atoms with Crippen LogP contribution in [0.15, 0.2) is 34.3 Å². The molecular weight excluding hydrogens is 340 g/mol. The van der Waals surface area contributed by atoms with E-state index >= 15 is 0 Å². The molecular formula is C23H30O2S. The fourth-order valence-corrected chi connectivity index (χ4v) is 8.29. The summed E-state index contributed by atoms with van der Waals surface area (Å²) in [6, 6.07) is 0. The van der Waals surface area contributed by atoms with E-state index in [0.29, 0.717) is 5.41 Å². The molecule has 0 amide bonds. The van der Waals surface area contributed by atoms with Crippen LogP contribution in [0.3, 0.4) is 0 Å². The summed E-state index contributed by atoms with van der Waals surface area (Å²) in [5.41, 5.74) is 3.73. The lowest BCUT2D eigenvalue weighted by Crippen LogP contribution is -2.49. The number of rotatable bonds is 0. The van der Waals surface area contributed by atoms with Crippen molar-refractivity contribution in [3.63, 3.8) is 0 Å². The second-order valence-corrected chi connectivity index (χ2v) is 10.8. The molecule has 2 nitrogen and oxygen atoms in total. The van der Waals surface area contributed by atoms with Crippen LogP contribution in [-0.4, -0.2) is 16.3 Å². The van der Waals surface area contributed by atoms with Crippen molar-refractivity contribution < 1.29 is 9.90 Å². The summed E-state index contributed by atoms with van der Waals surface area (Å²) in [5, 5.41) is 10.3. The highest BCUT2D eigenvalue weighted by atomic mass is 32.2. The average Bonchev–Trinajstić information content (AvgIpc) is 3.18. The van der Waals surface area contributed by atoms with Crippen molar-refractivity contribution in [2.75, 3.05) is 0 Å². The van der Waals surface area contributed by atoms with Crippen molar-refractivity contribution in [2.24, 2.45) is 28.6 Å². The van der Waals surface area contributed by atoms with Gasteiger partial charge in [-0.25, -0.2) is 0 Å². The van der Waals surface area contributed by atoms with Crippen molar-refractivity contribution in [2.45, 2.75) is 71.3 Å². The zero-order chi connectivity index (χ0) is 18.1. The molecule has 0 bridgehead atoms. The number of hydrogen-bond acceptors (Lipinski definition) is 3. The number of carbonyl (C=O) groups excluding carboxylic acids is 1. The van der Waals surface area contributed by atoms with Crippen LogP contribution in [0.4, 0.5) is 0 Å². The minimum atomic E-state index is -0.119. The standard InChI is InChI=1S/C23H30O2S/c1-22-11-9-15(24)13-14(22)3-4-16-17-5-6-19(20-7-8-21(25)26-20)23(17,2)12-10-18(16)22/h3,7-8,15-18,24H,4-6,9-13H2,1-2H3. The predicted octanol–water partition coefficient (Wildman–Crippen LogP) is 5.39. The number of thioether (sulfide) groups is 1. The van der Waals surface area contributed by atoms with Gasteiger partial charge in [0, 0.05) is 4.91 Å². The van der Waals surface area contributed by atoms with E-state index in [-0.39, 0.29) is 16.6 Å². The Hall–Kier alpha value is -0.800. The van der Waals surface area contributed by atoms with Gasteiger partial charge in [-0.3, -0.25) is 4.79 Å². The van der Waals surface area contributed by atoms with Crippen LogP contribution in [0, 0.1) is 28.6 Å². The van der Waals surface area contributed by atoms with Crippen molar-refractivity contribution >= 4 is 16.9 Å². The fourth-order valence-electron chi connectivity index (χ4n) is 7.34. The summed E-state index contributed by atoms with van der Waals surface area (Å²) >= 11 is 1.45. The molecule has 0 radical (unpaired) electrons. The van der Waals surface area contributed by atoms with Gasteiger partial charge in [-0.05, 0) is 109 Å². The Bertz CT molecular complexity index is 747. The van der Waals surface area contributed by atoms with E-state index in [1.165, 1.54) is 48.8 Å². The minimum Gasteiger partial charge on any atom is -0.393 e. The van der Waals surface area contributed by atoms with Gasteiger partial charge in [0.15, 0.2) is 0 Å². The highest BCUT2D eigenvalue weighted by Crippen LogP contribution is 2.67. The second kappa shape index (κ2) is 5.85. The van der Waals surface area contributed by atoms with Gasteiger partial charge in [-0.15, -0.1) is 0 Å². The van der Waals surface area contributed by atoms with E-state index in [9.17, 15) is 9.90 Å². The Labute approximate surface area is 161 Å². The van der Waals surface area contributed by atoms with E-state index < -0.39 is 0 Å². The first-order valence-corrected chi connectivity index (χ1v) is 11.2. The summed E-state index contributed by atoms with van der Waals surface area (Å²) in [6.07, 6.45) is 15.5. The molecule has 0 aromatic carbocycles. The second-order valence-electron chi connectivity index (χ2n) is 9.75. The predicted molar refractivity (Wildman–Crippen MR) is 106 cm³/mol. The normalized spacial score (nSPS) is 50.3. The zero-order valence-electron chi connectivity index (χ0n) is 16.0. The molecule has 3 saturated carbocycles. The number of allylic oxidation sites excluding steroid dienone is 3. The summed E-state index contributed by atoms with van der Waals surface area (Å²) in [4.78, 5) is 13.0. The molecule has 3 heteroatoms. The summed E-state index contributed by atoms with van der Waals surface area (Å²) < 4.78 is 0. The number of aliphatic hydroxyl groups excluding tert-OH is 1. The van der Waals surface area contributed by atoms with Gasteiger partial charge in [0.05, 0.1) is 6.10 Å². The van der Waals surface area contributed by atoms with Gasteiger partial charge in [0.25, 0.3) is 0 Å². The molecule has 26 heavy (non-hydrogen) atoms. The molecule has 4 aliphatic carbocycles. The van der Waals surface area contributed by atoms with Crippen LogP contribution in [0.25, 0.3) is 0 Å². The maximum atomic E-state index is 11.7. The molecule has 0 aromatic heterocycles. The number of fused-ring (bicyclic) bond motifs is 5. The molecule has 1 aliphatic heterocycles.